The Balaban J connectivity index is 1.98. The van der Waals surface area contributed by atoms with E-state index in [1.807, 2.05) is 0 Å². The Labute approximate surface area is 129 Å². The highest BCUT2D eigenvalue weighted by molar-refractivity contribution is 7.17. The molecule has 0 spiro atoms. The molecule has 3 N–H and O–H groups in total. The highest BCUT2D eigenvalue weighted by Crippen LogP contribution is 2.31. The predicted molar refractivity (Wildman–Crippen MR) is 91.5 cm³/mol. The van der Waals surface area contributed by atoms with Crippen molar-refractivity contribution < 1.29 is 0 Å². The Kier molecular flexibility index (Phi) is 4.06. The van der Waals surface area contributed by atoms with Gasteiger partial charge in [-0.05, 0) is 59.4 Å². The van der Waals surface area contributed by atoms with E-state index in [-0.39, 0.29) is 6.04 Å². The second kappa shape index (κ2) is 5.98. The molecule has 0 aliphatic heterocycles. The number of rotatable bonds is 4. The summed E-state index contributed by atoms with van der Waals surface area (Å²) in [4.78, 5) is 0. The van der Waals surface area contributed by atoms with Crippen LogP contribution < -0.4 is 11.3 Å². The van der Waals surface area contributed by atoms with Gasteiger partial charge in [-0.3, -0.25) is 11.3 Å². The summed E-state index contributed by atoms with van der Waals surface area (Å²) in [6.07, 6.45) is 0.909. The Hall–Kier alpha value is -1.68. The molecular weight excluding hydrogens is 276 g/mol. The van der Waals surface area contributed by atoms with E-state index in [9.17, 15) is 0 Å². The largest absolute Gasteiger partial charge is 0.271 e. The van der Waals surface area contributed by atoms with Gasteiger partial charge >= 0.3 is 0 Å². The summed E-state index contributed by atoms with van der Waals surface area (Å²) >= 11 is 1.80. The zero-order valence-corrected chi connectivity index (χ0v) is 13.2. The van der Waals surface area contributed by atoms with E-state index in [4.69, 9.17) is 5.84 Å². The van der Waals surface area contributed by atoms with Crippen LogP contribution in [0.1, 0.15) is 28.3 Å². The maximum Gasteiger partial charge on any atom is 0.0506 e. The normalized spacial score (nSPS) is 12.7. The smallest absolute Gasteiger partial charge is 0.0506 e. The first-order chi connectivity index (χ1) is 10.2. The van der Waals surface area contributed by atoms with Gasteiger partial charge in [0.1, 0.15) is 0 Å². The van der Waals surface area contributed by atoms with Crippen molar-refractivity contribution in [2.24, 2.45) is 5.84 Å². The van der Waals surface area contributed by atoms with Crippen LogP contribution in [0.25, 0.3) is 10.1 Å². The first-order valence-corrected chi connectivity index (χ1v) is 8.06. The molecule has 0 aliphatic carbocycles. The number of nitrogens with two attached hydrogens (primary N) is 1. The molecule has 1 heterocycles. The maximum absolute atomic E-state index is 5.86. The zero-order chi connectivity index (χ0) is 14.8. The zero-order valence-electron chi connectivity index (χ0n) is 12.4. The van der Waals surface area contributed by atoms with Crippen LogP contribution in [0.3, 0.4) is 0 Å². The number of hydrogen-bond acceptors (Lipinski definition) is 3. The molecule has 3 rings (SSSR count). The van der Waals surface area contributed by atoms with Gasteiger partial charge in [0.25, 0.3) is 0 Å². The van der Waals surface area contributed by atoms with E-state index in [2.05, 4.69) is 67.1 Å². The fraction of sp³-hybridized carbons (Fsp3) is 0.222. The van der Waals surface area contributed by atoms with Gasteiger partial charge in [0.05, 0.1) is 6.04 Å². The van der Waals surface area contributed by atoms with Crippen LogP contribution in [0.5, 0.6) is 0 Å². The van der Waals surface area contributed by atoms with Crippen LogP contribution >= 0.6 is 11.3 Å². The Morgan fingerprint density at radius 2 is 1.76 bits per heavy atom. The van der Waals surface area contributed by atoms with E-state index in [1.54, 1.807) is 11.3 Å². The predicted octanol–water partition coefficient (Wildman–Crippen LogP) is 4.27. The van der Waals surface area contributed by atoms with E-state index < -0.39 is 0 Å². The standard InChI is InChI=1S/C18H20N2S/c1-12-6-5-7-13(2)18(12)16(20-19)10-14-11-21-17-9-4-3-8-15(14)17/h3-9,11,16,20H,10,19H2,1-2H3. The van der Waals surface area contributed by atoms with Crippen LogP contribution in [-0.4, -0.2) is 0 Å². The number of thiophene rings is 1. The van der Waals surface area contributed by atoms with Gasteiger partial charge in [-0.15, -0.1) is 11.3 Å². The molecule has 1 unspecified atom stereocenters. The molecule has 0 bridgehead atoms. The second-order valence-corrected chi connectivity index (χ2v) is 6.40. The van der Waals surface area contributed by atoms with Gasteiger partial charge in [-0.1, -0.05) is 36.4 Å². The molecule has 0 saturated carbocycles. The molecule has 0 radical (unpaired) electrons. The Bertz CT molecular complexity index is 741. The van der Waals surface area contributed by atoms with Crippen molar-refractivity contribution in [2.75, 3.05) is 0 Å². The van der Waals surface area contributed by atoms with Crippen molar-refractivity contribution in [3.05, 3.63) is 70.1 Å². The fourth-order valence-corrected chi connectivity index (χ4v) is 4.01. The topological polar surface area (TPSA) is 38.0 Å². The Morgan fingerprint density at radius 3 is 2.48 bits per heavy atom. The molecule has 3 aromatic rings. The van der Waals surface area contributed by atoms with Gasteiger partial charge in [-0.2, -0.15) is 0 Å². The molecule has 1 aromatic heterocycles. The highest BCUT2D eigenvalue weighted by atomic mass is 32.1. The Morgan fingerprint density at radius 1 is 1.05 bits per heavy atom. The van der Waals surface area contributed by atoms with Gasteiger partial charge in [0, 0.05) is 4.70 Å². The lowest BCUT2D eigenvalue weighted by molar-refractivity contribution is 0.549. The number of fused-ring (bicyclic) bond motifs is 1. The molecule has 2 aromatic carbocycles. The van der Waals surface area contributed by atoms with Gasteiger partial charge in [0.15, 0.2) is 0 Å². The lowest BCUT2D eigenvalue weighted by Crippen LogP contribution is -2.30. The summed E-state index contributed by atoms with van der Waals surface area (Å²) < 4.78 is 1.34. The van der Waals surface area contributed by atoms with Crippen LogP contribution in [0.15, 0.2) is 47.8 Å². The van der Waals surface area contributed by atoms with E-state index >= 15 is 0 Å². The number of nitrogens with one attached hydrogen (secondary N) is 1. The average molecular weight is 296 g/mol. The minimum atomic E-state index is 0.143. The first kappa shape index (κ1) is 14.3. The number of hydrazine groups is 1. The van der Waals surface area contributed by atoms with Crippen molar-refractivity contribution >= 4 is 21.4 Å². The number of benzene rings is 2. The molecule has 0 saturated heterocycles. The first-order valence-electron chi connectivity index (χ1n) is 7.18. The summed E-state index contributed by atoms with van der Waals surface area (Å²) in [5.74, 6) is 5.86. The summed E-state index contributed by atoms with van der Waals surface area (Å²) in [5, 5.41) is 3.59. The molecular formula is C18H20N2S. The molecule has 1 atom stereocenters. The SMILES string of the molecule is Cc1cccc(C)c1C(Cc1csc2ccccc12)NN. The van der Waals surface area contributed by atoms with E-state index in [1.165, 1.54) is 32.3 Å². The minimum Gasteiger partial charge on any atom is -0.271 e. The average Bonchev–Trinajstić information content (AvgIpc) is 2.89. The quantitative estimate of drug-likeness (QED) is 0.557. The third kappa shape index (κ3) is 2.72. The van der Waals surface area contributed by atoms with Crippen molar-refractivity contribution in [3.63, 3.8) is 0 Å². The molecule has 0 aliphatic rings. The number of hydrogen-bond donors (Lipinski definition) is 2. The summed E-state index contributed by atoms with van der Waals surface area (Å²) in [5.41, 5.74) is 8.26. The second-order valence-electron chi connectivity index (χ2n) is 5.49. The minimum absolute atomic E-state index is 0.143. The van der Waals surface area contributed by atoms with Crippen LogP contribution in [0.2, 0.25) is 0 Å². The highest BCUT2D eigenvalue weighted by Gasteiger charge is 2.17. The van der Waals surface area contributed by atoms with Crippen molar-refractivity contribution in [3.8, 4) is 0 Å². The monoisotopic (exact) mass is 296 g/mol. The third-order valence-electron chi connectivity index (χ3n) is 4.08. The van der Waals surface area contributed by atoms with Crippen LogP contribution in [0, 0.1) is 13.8 Å². The lowest BCUT2D eigenvalue weighted by Gasteiger charge is -2.20. The number of aryl methyl sites for hydroxylation is 2. The maximum atomic E-state index is 5.86. The van der Waals surface area contributed by atoms with Crippen LogP contribution in [-0.2, 0) is 6.42 Å². The van der Waals surface area contributed by atoms with Gasteiger partial charge < -0.3 is 0 Å². The molecule has 0 fully saturated rings. The molecule has 21 heavy (non-hydrogen) atoms. The van der Waals surface area contributed by atoms with Crippen LogP contribution in [0.4, 0.5) is 0 Å². The van der Waals surface area contributed by atoms with E-state index in [0.29, 0.717) is 0 Å². The van der Waals surface area contributed by atoms with Gasteiger partial charge in [-0.25, -0.2) is 0 Å². The van der Waals surface area contributed by atoms with Crippen molar-refractivity contribution in [1.29, 1.82) is 0 Å². The summed E-state index contributed by atoms with van der Waals surface area (Å²) in [7, 11) is 0. The molecule has 0 amide bonds. The van der Waals surface area contributed by atoms with Gasteiger partial charge in [0.2, 0.25) is 0 Å². The lowest BCUT2D eigenvalue weighted by atomic mass is 9.92. The fourth-order valence-electron chi connectivity index (χ4n) is 3.03. The van der Waals surface area contributed by atoms with Crippen molar-refractivity contribution in [1.82, 2.24) is 5.43 Å². The molecule has 108 valence electrons. The summed E-state index contributed by atoms with van der Waals surface area (Å²) in [6, 6.07) is 15.1. The molecule has 3 heteroatoms. The summed E-state index contributed by atoms with van der Waals surface area (Å²) in [6.45, 7) is 4.30. The molecule has 2 nitrogen and oxygen atoms in total. The third-order valence-corrected chi connectivity index (χ3v) is 5.09. The van der Waals surface area contributed by atoms with Crippen molar-refractivity contribution in [2.45, 2.75) is 26.3 Å². The van der Waals surface area contributed by atoms with E-state index in [0.717, 1.165) is 6.42 Å².